The lowest BCUT2D eigenvalue weighted by atomic mass is 10.1. The first-order valence-electron chi connectivity index (χ1n) is 5.91. The Labute approximate surface area is 115 Å². The van der Waals surface area contributed by atoms with Crippen LogP contribution in [0.5, 0.6) is 0 Å². The molecule has 0 fully saturated rings. The van der Waals surface area contributed by atoms with Gasteiger partial charge in [0.2, 0.25) is 0 Å². The first-order valence-corrected chi connectivity index (χ1v) is 6.79. The Morgan fingerprint density at radius 3 is 2.68 bits per heavy atom. The number of nitrogens with one attached hydrogen (secondary N) is 1. The molecule has 19 heavy (non-hydrogen) atoms. The van der Waals surface area contributed by atoms with Crippen molar-refractivity contribution in [3.63, 3.8) is 0 Å². The topological polar surface area (TPSA) is 69.6 Å². The van der Waals surface area contributed by atoms with Crippen molar-refractivity contribution in [3.8, 4) is 0 Å². The smallest absolute Gasteiger partial charge is 0.336 e. The van der Waals surface area contributed by atoms with Crippen molar-refractivity contribution < 1.29 is 15.0 Å². The fourth-order valence-corrected chi connectivity index (χ4v) is 2.54. The van der Waals surface area contributed by atoms with Crippen LogP contribution in [0.3, 0.4) is 0 Å². The summed E-state index contributed by atoms with van der Waals surface area (Å²) < 4.78 is 0. The van der Waals surface area contributed by atoms with Crippen LogP contribution in [-0.4, -0.2) is 22.7 Å². The zero-order valence-electron chi connectivity index (χ0n) is 10.2. The van der Waals surface area contributed by atoms with Gasteiger partial charge in [-0.25, -0.2) is 4.79 Å². The molecule has 1 atom stereocenters. The number of carbonyl (C=O) groups is 1. The molecule has 0 aliphatic rings. The normalized spacial score (nSPS) is 12.3. The van der Waals surface area contributed by atoms with Crippen molar-refractivity contribution >= 4 is 17.3 Å². The van der Waals surface area contributed by atoms with Gasteiger partial charge in [0, 0.05) is 23.3 Å². The third-order valence-corrected chi connectivity index (χ3v) is 3.66. The van der Waals surface area contributed by atoms with Gasteiger partial charge in [0.05, 0.1) is 11.7 Å². The summed E-state index contributed by atoms with van der Waals surface area (Å²) in [6.45, 7) is 0.992. The maximum Gasteiger partial charge on any atom is 0.336 e. The van der Waals surface area contributed by atoms with Crippen LogP contribution in [0.1, 0.15) is 26.9 Å². The molecule has 0 aliphatic heterocycles. The highest BCUT2D eigenvalue weighted by atomic mass is 32.1. The quantitative estimate of drug-likeness (QED) is 0.757. The van der Waals surface area contributed by atoms with E-state index in [4.69, 9.17) is 5.11 Å². The number of thiophene rings is 1. The maximum atomic E-state index is 10.7. The average Bonchev–Trinajstić information content (AvgIpc) is 2.89. The molecule has 0 radical (unpaired) electrons. The molecule has 1 heterocycles. The maximum absolute atomic E-state index is 10.7. The molecule has 1 unspecified atom stereocenters. The molecule has 0 saturated carbocycles. The lowest BCUT2D eigenvalue weighted by Crippen LogP contribution is -2.20. The number of aliphatic hydroxyl groups is 1. The van der Waals surface area contributed by atoms with Crippen molar-refractivity contribution in [2.45, 2.75) is 12.6 Å². The van der Waals surface area contributed by atoms with E-state index in [1.807, 2.05) is 30.3 Å². The summed E-state index contributed by atoms with van der Waals surface area (Å²) in [5.74, 6) is -0.910. The number of carboxylic acids is 1. The highest BCUT2D eigenvalue weighted by molar-refractivity contribution is 7.10. The van der Waals surface area contributed by atoms with Crippen LogP contribution >= 0.6 is 11.3 Å². The van der Waals surface area contributed by atoms with E-state index in [1.165, 1.54) is 11.3 Å². The van der Waals surface area contributed by atoms with Crippen molar-refractivity contribution in [2.75, 3.05) is 6.54 Å². The van der Waals surface area contributed by atoms with E-state index in [0.29, 0.717) is 18.7 Å². The molecule has 2 rings (SSSR count). The van der Waals surface area contributed by atoms with E-state index in [9.17, 15) is 9.90 Å². The summed E-state index contributed by atoms with van der Waals surface area (Å²) in [6, 6.07) is 11.1. The Hall–Kier alpha value is -1.69. The van der Waals surface area contributed by atoms with Gasteiger partial charge < -0.3 is 15.5 Å². The molecule has 0 spiro atoms. The second-order valence-corrected chi connectivity index (χ2v) is 5.16. The Bertz CT molecular complexity index is 539. The van der Waals surface area contributed by atoms with Crippen LogP contribution in [0, 0.1) is 0 Å². The molecule has 0 amide bonds. The molecule has 0 saturated heterocycles. The van der Waals surface area contributed by atoms with E-state index in [1.54, 1.807) is 11.4 Å². The lowest BCUT2D eigenvalue weighted by molar-refractivity contribution is 0.0697. The van der Waals surface area contributed by atoms with Gasteiger partial charge in [-0.15, -0.1) is 11.3 Å². The molecular weight excluding hydrogens is 262 g/mol. The summed E-state index contributed by atoms with van der Waals surface area (Å²) >= 11 is 1.40. The number of rotatable bonds is 6. The van der Waals surface area contributed by atoms with Crippen LogP contribution in [0.15, 0.2) is 41.8 Å². The van der Waals surface area contributed by atoms with Gasteiger partial charge >= 0.3 is 5.97 Å². The second kappa shape index (κ2) is 6.47. The van der Waals surface area contributed by atoms with Gasteiger partial charge in [-0.3, -0.25) is 0 Å². The molecule has 0 aliphatic carbocycles. The zero-order valence-corrected chi connectivity index (χ0v) is 11.1. The summed E-state index contributed by atoms with van der Waals surface area (Å²) in [7, 11) is 0. The fraction of sp³-hybridized carbons (Fsp3) is 0.214. The second-order valence-electron chi connectivity index (χ2n) is 4.16. The summed E-state index contributed by atoms with van der Waals surface area (Å²) in [5, 5.41) is 23.5. The van der Waals surface area contributed by atoms with Crippen molar-refractivity contribution in [1.29, 1.82) is 0 Å². The van der Waals surface area contributed by atoms with E-state index >= 15 is 0 Å². The summed E-state index contributed by atoms with van der Waals surface area (Å²) in [5.41, 5.74) is 1.18. The largest absolute Gasteiger partial charge is 0.478 e. The minimum atomic E-state index is -0.910. The highest BCUT2D eigenvalue weighted by Gasteiger charge is 2.08. The number of benzene rings is 1. The number of hydrogen-bond acceptors (Lipinski definition) is 4. The number of aliphatic hydroxyl groups excluding tert-OH is 1. The summed E-state index contributed by atoms with van der Waals surface area (Å²) in [4.78, 5) is 11.7. The van der Waals surface area contributed by atoms with E-state index in [0.717, 1.165) is 10.4 Å². The van der Waals surface area contributed by atoms with E-state index in [-0.39, 0.29) is 0 Å². The van der Waals surface area contributed by atoms with Crippen LogP contribution in [0.25, 0.3) is 0 Å². The predicted octanol–water partition coefficient (Wildman–Crippen LogP) is 2.27. The first kappa shape index (κ1) is 13.7. The fourth-order valence-electron chi connectivity index (χ4n) is 1.71. The lowest BCUT2D eigenvalue weighted by Gasteiger charge is -2.11. The van der Waals surface area contributed by atoms with Crippen LogP contribution < -0.4 is 5.32 Å². The molecular formula is C14H15NO3S. The third-order valence-electron chi connectivity index (χ3n) is 2.72. The van der Waals surface area contributed by atoms with Gasteiger partial charge in [0.1, 0.15) is 0 Å². The molecule has 4 nitrogen and oxygen atoms in total. The monoisotopic (exact) mass is 277 g/mol. The molecule has 5 heteroatoms. The molecule has 0 bridgehead atoms. The SMILES string of the molecule is O=C(O)c1csc(CNCC(O)c2ccccc2)c1. The molecule has 1 aromatic heterocycles. The number of carboxylic acid groups (broad SMARTS) is 1. The van der Waals surface area contributed by atoms with Crippen molar-refractivity contribution in [2.24, 2.45) is 0 Å². The van der Waals surface area contributed by atoms with Crippen molar-refractivity contribution in [3.05, 3.63) is 57.8 Å². The van der Waals surface area contributed by atoms with Gasteiger partial charge in [-0.2, -0.15) is 0 Å². The number of aromatic carboxylic acids is 1. The Morgan fingerprint density at radius 1 is 1.32 bits per heavy atom. The first-order chi connectivity index (χ1) is 9.16. The van der Waals surface area contributed by atoms with Crippen LogP contribution in [0.2, 0.25) is 0 Å². The van der Waals surface area contributed by atoms with Crippen molar-refractivity contribution in [1.82, 2.24) is 5.32 Å². The standard InChI is InChI=1S/C14H15NO3S/c16-13(10-4-2-1-3-5-10)8-15-7-12-6-11(9-19-12)14(17)18/h1-6,9,13,15-16H,7-8H2,(H,17,18). The molecule has 3 N–H and O–H groups in total. The molecule has 2 aromatic rings. The Morgan fingerprint density at radius 2 is 2.05 bits per heavy atom. The van der Waals surface area contributed by atoms with E-state index < -0.39 is 12.1 Å². The number of hydrogen-bond donors (Lipinski definition) is 3. The predicted molar refractivity (Wildman–Crippen MR) is 74.4 cm³/mol. The molecule has 100 valence electrons. The van der Waals surface area contributed by atoms with Gasteiger partial charge in [-0.05, 0) is 11.6 Å². The van der Waals surface area contributed by atoms with Crippen LogP contribution in [-0.2, 0) is 6.54 Å². The van der Waals surface area contributed by atoms with Gasteiger partial charge in [0.15, 0.2) is 0 Å². The van der Waals surface area contributed by atoms with Crippen LogP contribution in [0.4, 0.5) is 0 Å². The zero-order chi connectivity index (χ0) is 13.7. The highest BCUT2D eigenvalue weighted by Crippen LogP contribution is 2.15. The average molecular weight is 277 g/mol. The molecule has 1 aromatic carbocycles. The van der Waals surface area contributed by atoms with Gasteiger partial charge in [0.25, 0.3) is 0 Å². The third kappa shape index (κ3) is 3.89. The summed E-state index contributed by atoms with van der Waals surface area (Å²) in [6.07, 6.45) is -0.555. The van der Waals surface area contributed by atoms with E-state index in [2.05, 4.69) is 5.32 Å². The minimum absolute atomic E-state index is 0.311. The Kier molecular flexibility index (Phi) is 4.68. The minimum Gasteiger partial charge on any atom is -0.478 e. The van der Waals surface area contributed by atoms with Gasteiger partial charge in [-0.1, -0.05) is 30.3 Å². The Balaban J connectivity index is 1.81.